The number of carbonyl (C=O) groups is 1. The van der Waals surface area contributed by atoms with Gasteiger partial charge in [-0.25, -0.2) is 4.79 Å². The first-order valence-electron chi connectivity index (χ1n) is 4.28. The van der Waals surface area contributed by atoms with Crippen LogP contribution in [0.15, 0.2) is 22.7 Å². The number of aliphatic hydroxyl groups excluding tert-OH is 2. The number of carboxylic acids is 1. The molecule has 0 aromatic heterocycles. The molecule has 0 aliphatic rings. The van der Waals surface area contributed by atoms with E-state index < -0.39 is 18.2 Å². The molecule has 0 radical (unpaired) electrons. The second-order valence-corrected chi connectivity index (χ2v) is 4.11. The van der Waals surface area contributed by atoms with Crippen molar-refractivity contribution in [2.45, 2.75) is 19.1 Å². The molecular formula is C10H11BrO4. The molecule has 0 amide bonds. The van der Waals surface area contributed by atoms with Crippen molar-refractivity contribution in [1.82, 2.24) is 0 Å². The highest BCUT2D eigenvalue weighted by Crippen LogP contribution is 2.26. The van der Waals surface area contributed by atoms with Gasteiger partial charge in [0.15, 0.2) is 6.10 Å². The fourth-order valence-electron chi connectivity index (χ4n) is 1.19. The van der Waals surface area contributed by atoms with Crippen LogP contribution >= 0.6 is 15.9 Å². The van der Waals surface area contributed by atoms with E-state index in [-0.39, 0.29) is 0 Å². The second kappa shape index (κ2) is 4.74. The molecule has 2 unspecified atom stereocenters. The predicted molar refractivity (Wildman–Crippen MR) is 57.5 cm³/mol. The Hall–Kier alpha value is -0.910. The second-order valence-electron chi connectivity index (χ2n) is 3.25. The number of carboxylic acid groups (broad SMARTS) is 1. The van der Waals surface area contributed by atoms with Gasteiger partial charge < -0.3 is 15.3 Å². The van der Waals surface area contributed by atoms with Gasteiger partial charge in [-0.05, 0) is 18.6 Å². The third-order valence-electron chi connectivity index (χ3n) is 2.02. The van der Waals surface area contributed by atoms with Crippen molar-refractivity contribution >= 4 is 21.9 Å². The van der Waals surface area contributed by atoms with E-state index in [9.17, 15) is 15.0 Å². The summed E-state index contributed by atoms with van der Waals surface area (Å²) in [5.74, 6) is -1.45. The van der Waals surface area contributed by atoms with E-state index in [1.165, 1.54) is 0 Å². The third kappa shape index (κ3) is 2.77. The molecule has 15 heavy (non-hydrogen) atoms. The Balaban J connectivity index is 3.04. The summed E-state index contributed by atoms with van der Waals surface area (Å²) in [5.41, 5.74) is 1.25. The maximum absolute atomic E-state index is 10.5. The monoisotopic (exact) mass is 274 g/mol. The first-order valence-corrected chi connectivity index (χ1v) is 5.07. The SMILES string of the molecule is Cc1ccc(Br)c(C(O)C(O)C(=O)O)c1. The van der Waals surface area contributed by atoms with Gasteiger partial charge in [-0.1, -0.05) is 33.6 Å². The predicted octanol–water partition coefficient (Wildman–Crippen LogP) is 1.24. The van der Waals surface area contributed by atoms with E-state index in [0.717, 1.165) is 5.56 Å². The average molecular weight is 275 g/mol. The Labute approximate surface area is 95.3 Å². The molecule has 0 saturated heterocycles. The van der Waals surface area contributed by atoms with Crippen LogP contribution in [0.2, 0.25) is 0 Å². The molecule has 0 bridgehead atoms. The Morgan fingerprint density at radius 3 is 2.53 bits per heavy atom. The molecule has 0 saturated carbocycles. The van der Waals surface area contributed by atoms with Crippen molar-refractivity contribution in [2.24, 2.45) is 0 Å². The van der Waals surface area contributed by atoms with Gasteiger partial charge in [0.1, 0.15) is 6.10 Å². The Morgan fingerprint density at radius 2 is 2.00 bits per heavy atom. The molecule has 0 heterocycles. The molecule has 82 valence electrons. The highest BCUT2D eigenvalue weighted by Gasteiger charge is 2.26. The van der Waals surface area contributed by atoms with E-state index in [1.807, 2.05) is 13.0 Å². The van der Waals surface area contributed by atoms with Gasteiger partial charge in [-0.15, -0.1) is 0 Å². The summed E-state index contributed by atoms with van der Waals surface area (Å²) >= 11 is 3.18. The molecule has 0 aliphatic carbocycles. The number of benzene rings is 1. The Kier molecular flexibility index (Phi) is 3.84. The minimum Gasteiger partial charge on any atom is -0.479 e. The molecular weight excluding hydrogens is 264 g/mol. The summed E-state index contributed by atoms with van der Waals surface area (Å²) in [6, 6.07) is 5.14. The quantitative estimate of drug-likeness (QED) is 0.775. The van der Waals surface area contributed by atoms with Crippen molar-refractivity contribution < 1.29 is 20.1 Å². The van der Waals surface area contributed by atoms with Gasteiger partial charge in [-0.3, -0.25) is 0 Å². The molecule has 2 atom stereocenters. The zero-order valence-corrected chi connectivity index (χ0v) is 9.60. The molecule has 5 heteroatoms. The smallest absolute Gasteiger partial charge is 0.335 e. The molecule has 1 aromatic rings. The van der Waals surface area contributed by atoms with Crippen LogP contribution in [0, 0.1) is 6.92 Å². The number of aliphatic hydroxyl groups is 2. The highest BCUT2D eigenvalue weighted by molar-refractivity contribution is 9.10. The van der Waals surface area contributed by atoms with E-state index in [0.29, 0.717) is 10.0 Å². The molecule has 1 rings (SSSR count). The highest BCUT2D eigenvalue weighted by atomic mass is 79.9. The zero-order chi connectivity index (χ0) is 11.6. The van der Waals surface area contributed by atoms with E-state index >= 15 is 0 Å². The van der Waals surface area contributed by atoms with Gasteiger partial charge in [0.25, 0.3) is 0 Å². The van der Waals surface area contributed by atoms with Gasteiger partial charge in [0.2, 0.25) is 0 Å². The number of aryl methyl sites for hydroxylation is 1. The summed E-state index contributed by atoms with van der Waals surface area (Å²) in [7, 11) is 0. The lowest BCUT2D eigenvalue weighted by Crippen LogP contribution is -2.27. The zero-order valence-electron chi connectivity index (χ0n) is 8.01. The van der Waals surface area contributed by atoms with Crippen molar-refractivity contribution in [1.29, 1.82) is 0 Å². The largest absolute Gasteiger partial charge is 0.479 e. The summed E-state index contributed by atoms with van der Waals surface area (Å²) in [6.45, 7) is 1.82. The number of halogens is 1. The molecule has 0 aliphatic heterocycles. The van der Waals surface area contributed by atoms with E-state index in [2.05, 4.69) is 15.9 Å². The van der Waals surface area contributed by atoms with Crippen LogP contribution in [-0.4, -0.2) is 27.4 Å². The summed E-state index contributed by atoms with van der Waals surface area (Å²) in [6.07, 6.45) is -3.25. The van der Waals surface area contributed by atoms with Gasteiger partial charge in [0, 0.05) is 4.47 Å². The fourth-order valence-corrected chi connectivity index (χ4v) is 1.68. The van der Waals surface area contributed by atoms with Crippen LogP contribution in [0.25, 0.3) is 0 Å². The van der Waals surface area contributed by atoms with Gasteiger partial charge in [0.05, 0.1) is 0 Å². The number of hydrogen-bond acceptors (Lipinski definition) is 3. The lowest BCUT2D eigenvalue weighted by Gasteiger charge is -2.16. The standard InChI is InChI=1S/C10H11BrO4/c1-5-2-3-7(11)6(4-5)8(12)9(13)10(14)15/h2-4,8-9,12-13H,1H3,(H,14,15). The maximum Gasteiger partial charge on any atom is 0.335 e. The van der Waals surface area contributed by atoms with E-state index in [1.54, 1.807) is 12.1 Å². The van der Waals surface area contributed by atoms with Crippen LogP contribution in [0.5, 0.6) is 0 Å². The molecule has 4 nitrogen and oxygen atoms in total. The van der Waals surface area contributed by atoms with Crippen LogP contribution in [-0.2, 0) is 4.79 Å². The fraction of sp³-hybridized carbons (Fsp3) is 0.300. The van der Waals surface area contributed by atoms with Crippen LogP contribution in [0.3, 0.4) is 0 Å². The minimum atomic E-state index is -1.82. The van der Waals surface area contributed by atoms with Crippen molar-refractivity contribution in [2.75, 3.05) is 0 Å². The van der Waals surface area contributed by atoms with Crippen molar-refractivity contribution in [3.63, 3.8) is 0 Å². The lowest BCUT2D eigenvalue weighted by atomic mass is 10.0. The van der Waals surface area contributed by atoms with Crippen LogP contribution < -0.4 is 0 Å². The number of hydrogen-bond donors (Lipinski definition) is 3. The van der Waals surface area contributed by atoms with Crippen LogP contribution in [0.4, 0.5) is 0 Å². The molecule has 0 fully saturated rings. The normalized spacial score (nSPS) is 14.7. The third-order valence-corrected chi connectivity index (χ3v) is 2.74. The summed E-state index contributed by atoms with van der Waals surface area (Å²) in [5, 5.41) is 27.3. The molecule has 3 N–H and O–H groups in total. The molecule has 0 spiro atoms. The average Bonchev–Trinajstić information content (AvgIpc) is 2.19. The molecule has 1 aromatic carbocycles. The first-order chi connectivity index (χ1) is 6.93. The maximum atomic E-state index is 10.5. The number of aliphatic carboxylic acids is 1. The van der Waals surface area contributed by atoms with Crippen molar-refractivity contribution in [3.8, 4) is 0 Å². The van der Waals surface area contributed by atoms with Crippen LogP contribution in [0.1, 0.15) is 17.2 Å². The Bertz CT molecular complexity index is 378. The Morgan fingerprint density at radius 1 is 1.40 bits per heavy atom. The summed E-state index contributed by atoms with van der Waals surface area (Å²) < 4.78 is 0.570. The lowest BCUT2D eigenvalue weighted by molar-refractivity contribution is -0.153. The minimum absolute atomic E-state index is 0.366. The van der Waals surface area contributed by atoms with Gasteiger partial charge >= 0.3 is 5.97 Å². The van der Waals surface area contributed by atoms with E-state index in [4.69, 9.17) is 5.11 Å². The van der Waals surface area contributed by atoms with Crippen molar-refractivity contribution in [3.05, 3.63) is 33.8 Å². The van der Waals surface area contributed by atoms with Gasteiger partial charge in [-0.2, -0.15) is 0 Å². The first kappa shape index (κ1) is 12.2. The summed E-state index contributed by atoms with van der Waals surface area (Å²) in [4.78, 5) is 10.5. The number of rotatable bonds is 3. The topological polar surface area (TPSA) is 77.8 Å².